The summed E-state index contributed by atoms with van der Waals surface area (Å²) in [5.74, 6) is 3.29. The van der Waals surface area contributed by atoms with Crippen molar-refractivity contribution in [2.75, 3.05) is 49.5 Å². The smallest absolute Gasteiger partial charge is 0.135 e. The van der Waals surface area contributed by atoms with Gasteiger partial charge in [0.1, 0.15) is 17.5 Å². The third kappa shape index (κ3) is 3.60. The van der Waals surface area contributed by atoms with E-state index in [9.17, 15) is 0 Å². The molecule has 0 radical (unpaired) electrons. The van der Waals surface area contributed by atoms with Gasteiger partial charge in [0.05, 0.1) is 0 Å². The number of nitrogens with one attached hydrogen (secondary N) is 1. The fraction of sp³-hybridized carbons (Fsp3) is 0.733. The van der Waals surface area contributed by atoms with Crippen molar-refractivity contribution in [3.63, 3.8) is 0 Å². The van der Waals surface area contributed by atoms with Crippen molar-refractivity contribution >= 4 is 11.6 Å². The third-order valence-electron chi connectivity index (χ3n) is 3.75. The van der Waals surface area contributed by atoms with Crippen molar-refractivity contribution < 1.29 is 0 Å². The van der Waals surface area contributed by atoms with E-state index in [0.29, 0.717) is 5.92 Å². The van der Waals surface area contributed by atoms with Gasteiger partial charge in [0.15, 0.2) is 0 Å². The number of likely N-dealkylation sites (N-methyl/N-ethyl adjacent to an activating group) is 1. The lowest BCUT2D eigenvalue weighted by Crippen LogP contribution is -2.46. The van der Waals surface area contributed by atoms with Crippen LogP contribution in [-0.4, -0.2) is 54.1 Å². The van der Waals surface area contributed by atoms with Crippen LogP contribution >= 0.6 is 0 Å². The highest BCUT2D eigenvalue weighted by Gasteiger charge is 2.18. The Morgan fingerprint density at radius 2 is 1.85 bits per heavy atom. The van der Waals surface area contributed by atoms with Crippen LogP contribution in [0.1, 0.15) is 39.4 Å². The maximum atomic E-state index is 4.75. The van der Waals surface area contributed by atoms with Crippen molar-refractivity contribution in [1.82, 2.24) is 14.9 Å². The summed E-state index contributed by atoms with van der Waals surface area (Å²) in [6.45, 7) is 15.0. The lowest BCUT2D eigenvalue weighted by atomic mass is 10.2. The Bertz CT molecular complexity index is 424. The van der Waals surface area contributed by atoms with E-state index >= 15 is 0 Å². The van der Waals surface area contributed by atoms with E-state index in [1.807, 2.05) is 0 Å². The zero-order valence-electron chi connectivity index (χ0n) is 13.2. The number of nitrogens with zero attached hydrogens (tertiary/aromatic N) is 4. The van der Waals surface area contributed by atoms with Crippen LogP contribution in [0.5, 0.6) is 0 Å². The minimum Gasteiger partial charge on any atom is -0.370 e. The Balaban J connectivity index is 2.17. The van der Waals surface area contributed by atoms with E-state index in [0.717, 1.165) is 56.7 Å². The molecule has 2 heterocycles. The van der Waals surface area contributed by atoms with Crippen molar-refractivity contribution in [2.45, 2.75) is 33.6 Å². The van der Waals surface area contributed by atoms with Crippen molar-refractivity contribution in [1.29, 1.82) is 0 Å². The van der Waals surface area contributed by atoms with Gasteiger partial charge in [-0.1, -0.05) is 20.8 Å². The molecule has 112 valence electrons. The summed E-state index contributed by atoms with van der Waals surface area (Å²) in [5, 5.41) is 3.31. The molecule has 1 aliphatic heterocycles. The van der Waals surface area contributed by atoms with Gasteiger partial charge in [-0.3, -0.25) is 0 Å². The van der Waals surface area contributed by atoms with Crippen LogP contribution in [0.15, 0.2) is 6.07 Å². The minimum absolute atomic E-state index is 0.351. The Hall–Kier alpha value is -1.36. The molecule has 5 heteroatoms. The first kappa shape index (κ1) is 15.0. The van der Waals surface area contributed by atoms with Gasteiger partial charge in [-0.15, -0.1) is 0 Å². The van der Waals surface area contributed by atoms with E-state index in [-0.39, 0.29) is 0 Å². The van der Waals surface area contributed by atoms with E-state index in [2.05, 4.69) is 53.9 Å². The van der Waals surface area contributed by atoms with E-state index in [1.54, 1.807) is 0 Å². The van der Waals surface area contributed by atoms with Crippen LogP contribution in [0, 0.1) is 0 Å². The molecule has 5 nitrogen and oxygen atoms in total. The number of anilines is 2. The second kappa shape index (κ2) is 6.88. The van der Waals surface area contributed by atoms with E-state index in [1.165, 1.54) is 0 Å². The zero-order valence-corrected chi connectivity index (χ0v) is 13.2. The largest absolute Gasteiger partial charge is 0.370 e. The monoisotopic (exact) mass is 277 g/mol. The summed E-state index contributed by atoms with van der Waals surface area (Å²) in [6, 6.07) is 2.08. The molecule has 0 atom stereocenters. The minimum atomic E-state index is 0.351. The van der Waals surface area contributed by atoms with Crippen molar-refractivity contribution in [2.24, 2.45) is 0 Å². The maximum Gasteiger partial charge on any atom is 0.135 e. The number of hydrogen-bond acceptors (Lipinski definition) is 5. The van der Waals surface area contributed by atoms with Crippen LogP contribution in [0.4, 0.5) is 11.6 Å². The number of aromatic nitrogens is 2. The van der Waals surface area contributed by atoms with Crippen molar-refractivity contribution in [3.05, 3.63) is 11.9 Å². The lowest BCUT2D eigenvalue weighted by molar-refractivity contribution is 0.270. The van der Waals surface area contributed by atoms with E-state index < -0.39 is 0 Å². The number of piperazine rings is 1. The predicted octanol–water partition coefficient (Wildman–Crippen LogP) is 2.17. The summed E-state index contributed by atoms with van der Waals surface area (Å²) in [4.78, 5) is 14.2. The normalized spacial score (nSPS) is 16.8. The molecule has 1 aromatic heterocycles. The van der Waals surface area contributed by atoms with Gasteiger partial charge in [-0.05, 0) is 13.5 Å². The molecule has 0 aromatic carbocycles. The van der Waals surface area contributed by atoms with Gasteiger partial charge in [0.2, 0.25) is 0 Å². The average molecular weight is 277 g/mol. The first-order valence-electron chi connectivity index (χ1n) is 7.74. The van der Waals surface area contributed by atoms with Gasteiger partial charge < -0.3 is 15.1 Å². The summed E-state index contributed by atoms with van der Waals surface area (Å²) in [6.07, 6.45) is 0. The van der Waals surface area contributed by atoms with E-state index in [4.69, 9.17) is 4.98 Å². The topological polar surface area (TPSA) is 44.3 Å². The third-order valence-corrected chi connectivity index (χ3v) is 3.75. The molecule has 1 N–H and O–H groups in total. The molecule has 0 saturated carbocycles. The average Bonchev–Trinajstić information content (AvgIpc) is 2.47. The van der Waals surface area contributed by atoms with Gasteiger partial charge in [0.25, 0.3) is 0 Å². The Morgan fingerprint density at radius 3 is 2.40 bits per heavy atom. The summed E-state index contributed by atoms with van der Waals surface area (Å²) in [7, 11) is 0. The molecule has 0 bridgehead atoms. The first-order chi connectivity index (χ1) is 9.63. The first-order valence-corrected chi connectivity index (χ1v) is 7.74. The highest BCUT2D eigenvalue weighted by atomic mass is 15.3. The van der Waals surface area contributed by atoms with Gasteiger partial charge in [-0.2, -0.15) is 0 Å². The fourth-order valence-corrected chi connectivity index (χ4v) is 2.44. The molecule has 1 fully saturated rings. The zero-order chi connectivity index (χ0) is 14.5. The Labute approximate surface area is 122 Å². The molecular formula is C15H27N5. The summed E-state index contributed by atoms with van der Waals surface area (Å²) < 4.78 is 0. The van der Waals surface area contributed by atoms with Gasteiger partial charge in [0, 0.05) is 44.7 Å². The molecule has 0 aliphatic carbocycles. The molecule has 1 aromatic rings. The van der Waals surface area contributed by atoms with Gasteiger partial charge in [-0.25, -0.2) is 9.97 Å². The highest BCUT2D eigenvalue weighted by molar-refractivity contribution is 5.50. The second-order valence-electron chi connectivity index (χ2n) is 5.58. The quantitative estimate of drug-likeness (QED) is 0.893. The second-order valence-corrected chi connectivity index (χ2v) is 5.58. The lowest BCUT2D eigenvalue weighted by Gasteiger charge is -2.35. The summed E-state index contributed by atoms with van der Waals surface area (Å²) >= 11 is 0. The van der Waals surface area contributed by atoms with Crippen LogP contribution in [0.25, 0.3) is 0 Å². The van der Waals surface area contributed by atoms with Crippen LogP contribution in [0.3, 0.4) is 0 Å². The fourth-order valence-electron chi connectivity index (χ4n) is 2.44. The maximum absolute atomic E-state index is 4.75. The molecule has 1 aliphatic rings. The molecule has 1 saturated heterocycles. The summed E-state index contributed by atoms with van der Waals surface area (Å²) in [5.41, 5.74) is 0. The molecule has 0 spiro atoms. The molecule has 0 unspecified atom stereocenters. The molecule has 0 amide bonds. The predicted molar refractivity (Wildman–Crippen MR) is 84.6 cm³/mol. The molecular weight excluding hydrogens is 250 g/mol. The SMILES string of the molecule is CCNc1cc(N2CCN(CC)CC2)nc(C(C)C)n1. The number of rotatable bonds is 5. The molecule has 20 heavy (non-hydrogen) atoms. The van der Waals surface area contributed by atoms with Crippen LogP contribution in [0.2, 0.25) is 0 Å². The van der Waals surface area contributed by atoms with Crippen molar-refractivity contribution in [3.8, 4) is 0 Å². The standard InChI is InChI=1S/C15H27N5/c1-5-16-13-11-14(18-15(17-13)12(3)4)20-9-7-19(6-2)8-10-20/h11-12H,5-10H2,1-4H3,(H,16,17,18). The Morgan fingerprint density at radius 1 is 1.15 bits per heavy atom. The van der Waals surface area contributed by atoms with Crippen LogP contribution < -0.4 is 10.2 Å². The highest BCUT2D eigenvalue weighted by Crippen LogP contribution is 2.21. The Kier molecular flexibility index (Phi) is 5.17. The van der Waals surface area contributed by atoms with Crippen LogP contribution in [-0.2, 0) is 0 Å². The molecule has 2 rings (SSSR count). The van der Waals surface area contributed by atoms with Gasteiger partial charge >= 0.3 is 0 Å². The number of hydrogen-bond donors (Lipinski definition) is 1.